The van der Waals surface area contributed by atoms with Crippen LogP contribution in [-0.4, -0.2) is 40.7 Å². The van der Waals surface area contributed by atoms with E-state index in [2.05, 4.69) is 10.3 Å². The first-order chi connectivity index (χ1) is 14.0. The molecule has 0 bridgehead atoms. The van der Waals surface area contributed by atoms with E-state index in [-0.39, 0.29) is 17.8 Å². The van der Waals surface area contributed by atoms with E-state index in [1.54, 1.807) is 22.6 Å². The molecule has 0 atom stereocenters. The van der Waals surface area contributed by atoms with Crippen LogP contribution in [0.5, 0.6) is 5.75 Å². The Labute approximate surface area is 173 Å². The van der Waals surface area contributed by atoms with Crippen LogP contribution >= 0.6 is 11.6 Å². The number of fused-ring (bicyclic) bond motifs is 1. The van der Waals surface area contributed by atoms with E-state index in [1.807, 2.05) is 37.3 Å². The van der Waals surface area contributed by atoms with Gasteiger partial charge in [0.05, 0.1) is 23.2 Å². The number of para-hydroxylation sites is 1. The number of benzene rings is 2. The number of hydrogen-bond donors (Lipinski definition) is 2. The Balaban J connectivity index is 1.45. The molecule has 7 nitrogen and oxygen atoms in total. The number of methoxy groups -OCH3 is 1. The summed E-state index contributed by atoms with van der Waals surface area (Å²) in [5.74, 6) is 0.735. The smallest absolute Gasteiger partial charge is 0.326 e. The lowest BCUT2D eigenvalue weighted by Crippen LogP contribution is -2.42. The molecule has 152 valence electrons. The first kappa shape index (κ1) is 19.4. The Bertz CT molecular complexity index is 1110. The van der Waals surface area contributed by atoms with Crippen LogP contribution < -0.4 is 15.7 Å². The molecule has 1 aliphatic rings. The van der Waals surface area contributed by atoms with Crippen LogP contribution in [0.4, 0.5) is 10.5 Å². The van der Waals surface area contributed by atoms with Crippen LogP contribution in [0.3, 0.4) is 0 Å². The molecule has 1 saturated heterocycles. The summed E-state index contributed by atoms with van der Waals surface area (Å²) in [6.07, 6.45) is 1.40. The summed E-state index contributed by atoms with van der Waals surface area (Å²) < 4.78 is 7.08. The number of imidazole rings is 1. The number of aryl methyl sites for hydroxylation is 1. The molecule has 1 aliphatic heterocycles. The number of likely N-dealkylation sites (tertiary alicyclic amines) is 1. The Hall–Kier alpha value is -2.93. The first-order valence-corrected chi connectivity index (χ1v) is 9.95. The van der Waals surface area contributed by atoms with Gasteiger partial charge in [-0.25, -0.2) is 9.59 Å². The van der Waals surface area contributed by atoms with Gasteiger partial charge in [0.15, 0.2) is 0 Å². The summed E-state index contributed by atoms with van der Waals surface area (Å²) in [5.41, 5.74) is 3.00. The van der Waals surface area contributed by atoms with E-state index in [9.17, 15) is 9.59 Å². The quantitative estimate of drug-likeness (QED) is 0.675. The number of carbonyl (C=O) groups excluding carboxylic acids is 1. The minimum atomic E-state index is -0.164. The maximum atomic E-state index is 12.7. The molecule has 0 saturated carbocycles. The molecule has 2 heterocycles. The topological polar surface area (TPSA) is 79.4 Å². The Morgan fingerprint density at radius 1 is 1.24 bits per heavy atom. The van der Waals surface area contributed by atoms with Crippen molar-refractivity contribution in [1.29, 1.82) is 0 Å². The summed E-state index contributed by atoms with van der Waals surface area (Å²) in [4.78, 5) is 29.7. The number of piperidine rings is 1. The molecule has 0 spiro atoms. The highest BCUT2D eigenvalue weighted by Crippen LogP contribution is 2.28. The summed E-state index contributed by atoms with van der Waals surface area (Å²) >= 11 is 6.20. The van der Waals surface area contributed by atoms with Crippen LogP contribution in [-0.2, 0) is 0 Å². The van der Waals surface area contributed by atoms with Crippen molar-refractivity contribution in [1.82, 2.24) is 14.5 Å². The van der Waals surface area contributed by atoms with Gasteiger partial charge in [-0.2, -0.15) is 0 Å². The number of amides is 2. The standard InChI is InChI=1S/C21H23ClN4O3/c1-13-6-7-14(12-18(13)29-2)23-20(27)25-10-8-15(9-11-25)26-17-5-3-4-16(22)19(17)24-21(26)28/h3-7,12,15H,8-11H2,1-2H3,(H,23,27)(H,24,28). The van der Waals surface area contributed by atoms with Crippen LogP contribution in [0, 0.1) is 6.92 Å². The van der Waals surface area contributed by atoms with Gasteiger partial charge >= 0.3 is 11.7 Å². The van der Waals surface area contributed by atoms with Crippen LogP contribution in [0.15, 0.2) is 41.2 Å². The number of anilines is 1. The van der Waals surface area contributed by atoms with E-state index < -0.39 is 0 Å². The second-order valence-corrected chi connectivity index (χ2v) is 7.67. The van der Waals surface area contributed by atoms with Crippen molar-refractivity contribution in [3.63, 3.8) is 0 Å². The van der Waals surface area contributed by atoms with E-state index in [4.69, 9.17) is 16.3 Å². The average Bonchev–Trinajstić information content (AvgIpc) is 3.07. The van der Waals surface area contributed by atoms with Crippen molar-refractivity contribution in [3.05, 3.63) is 57.5 Å². The zero-order valence-corrected chi connectivity index (χ0v) is 17.1. The van der Waals surface area contributed by atoms with E-state index in [0.717, 1.165) is 16.8 Å². The van der Waals surface area contributed by atoms with Crippen molar-refractivity contribution < 1.29 is 9.53 Å². The fraction of sp³-hybridized carbons (Fsp3) is 0.333. The number of halogens is 1. The fourth-order valence-electron chi connectivity index (χ4n) is 3.90. The number of aromatic nitrogens is 2. The van der Waals surface area contributed by atoms with Gasteiger partial charge in [-0.05, 0) is 43.5 Å². The van der Waals surface area contributed by atoms with Crippen LogP contribution in [0.2, 0.25) is 5.02 Å². The Morgan fingerprint density at radius 2 is 2.00 bits per heavy atom. The molecule has 0 aliphatic carbocycles. The molecule has 0 radical (unpaired) electrons. The highest BCUT2D eigenvalue weighted by Gasteiger charge is 2.26. The number of H-pyrrole nitrogens is 1. The molecular formula is C21H23ClN4O3. The molecule has 1 aromatic heterocycles. The molecule has 3 aromatic rings. The molecule has 2 aromatic carbocycles. The van der Waals surface area contributed by atoms with Crippen molar-refractivity contribution in [2.24, 2.45) is 0 Å². The average molecular weight is 415 g/mol. The first-order valence-electron chi connectivity index (χ1n) is 9.57. The normalized spacial score (nSPS) is 14.9. The largest absolute Gasteiger partial charge is 0.496 e. The summed E-state index contributed by atoms with van der Waals surface area (Å²) in [6, 6.07) is 11.0. The summed E-state index contributed by atoms with van der Waals surface area (Å²) in [6.45, 7) is 3.09. The Kier molecular flexibility index (Phi) is 5.24. The van der Waals surface area contributed by atoms with Gasteiger partial charge in [0, 0.05) is 30.9 Å². The van der Waals surface area contributed by atoms with Gasteiger partial charge in [-0.3, -0.25) is 4.57 Å². The third kappa shape index (κ3) is 3.70. The molecule has 1 fully saturated rings. The van der Waals surface area contributed by atoms with Gasteiger partial charge in [-0.1, -0.05) is 23.7 Å². The molecule has 29 heavy (non-hydrogen) atoms. The van der Waals surface area contributed by atoms with Crippen molar-refractivity contribution in [2.75, 3.05) is 25.5 Å². The second kappa shape index (κ2) is 7.83. The van der Waals surface area contributed by atoms with Crippen LogP contribution in [0.25, 0.3) is 11.0 Å². The lowest BCUT2D eigenvalue weighted by Gasteiger charge is -2.32. The third-order valence-electron chi connectivity index (χ3n) is 5.48. The molecular weight excluding hydrogens is 392 g/mol. The zero-order chi connectivity index (χ0) is 20.5. The number of rotatable bonds is 3. The van der Waals surface area contributed by atoms with Crippen molar-refractivity contribution in [2.45, 2.75) is 25.8 Å². The number of nitrogens with zero attached hydrogens (tertiary/aromatic N) is 2. The lowest BCUT2D eigenvalue weighted by atomic mass is 10.0. The number of nitrogens with one attached hydrogen (secondary N) is 2. The summed E-state index contributed by atoms with van der Waals surface area (Å²) in [7, 11) is 1.61. The minimum absolute atomic E-state index is 0.0261. The fourth-order valence-corrected chi connectivity index (χ4v) is 4.12. The third-order valence-corrected chi connectivity index (χ3v) is 5.79. The van der Waals surface area contributed by atoms with E-state index in [0.29, 0.717) is 42.2 Å². The summed E-state index contributed by atoms with van der Waals surface area (Å²) in [5, 5.41) is 3.46. The molecule has 2 amide bonds. The number of aromatic amines is 1. The van der Waals surface area contributed by atoms with Gasteiger partial charge in [0.25, 0.3) is 0 Å². The highest BCUT2D eigenvalue weighted by atomic mass is 35.5. The zero-order valence-electron chi connectivity index (χ0n) is 16.4. The van der Waals surface area contributed by atoms with Crippen LogP contribution in [0.1, 0.15) is 24.4 Å². The van der Waals surface area contributed by atoms with Crippen molar-refractivity contribution in [3.8, 4) is 5.75 Å². The molecule has 2 N–H and O–H groups in total. The predicted molar refractivity (Wildman–Crippen MR) is 114 cm³/mol. The second-order valence-electron chi connectivity index (χ2n) is 7.27. The minimum Gasteiger partial charge on any atom is -0.496 e. The van der Waals surface area contributed by atoms with Gasteiger partial charge in [0.1, 0.15) is 5.75 Å². The van der Waals surface area contributed by atoms with Gasteiger partial charge in [0.2, 0.25) is 0 Å². The molecule has 4 rings (SSSR count). The van der Waals surface area contributed by atoms with Gasteiger partial charge < -0.3 is 19.9 Å². The number of ether oxygens (including phenoxy) is 1. The predicted octanol–water partition coefficient (Wildman–Crippen LogP) is 4.17. The highest BCUT2D eigenvalue weighted by molar-refractivity contribution is 6.34. The SMILES string of the molecule is COc1cc(NC(=O)N2CCC(n3c(=O)[nH]c4c(Cl)cccc43)CC2)ccc1C. The maximum Gasteiger partial charge on any atom is 0.326 e. The number of hydrogen-bond acceptors (Lipinski definition) is 3. The lowest BCUT2D eigenvalue weighted by molar-refractivity contribution is 0.184. The Morgan fingerprint density at radius 3 is 2.72 bits per heavy atom. The van der Waals surface area contributed by atoms with Gasteiger partial charge in [-0.15, -0.1) is 0 Å². The number of urea groups is 1. The van der Waals surface area contributed by atoms with E-state index in [1.165, 1.54) is 0 Å². The van der Waals surface area contributed by atoms with E-state index >= 15 is 0 Å². The molecule has 8 heteroatoms. The maximum absolute atomic E-state index is 12.7. The monoisotopic (exact) mass is 414 g/mol. The number of carbonyl (C=O) groups is 1. The molecule has 0 unspecified atom stereocenters. The van der Waals surface area contributed by atoms with Crippen molar-refractivity contribution >= 4 is 34.4 Å².